The summed E-state index contributed by atoms with van der Waals surface area (Å²) < 4.78 is 10.5. The van der Waals surface area contributed by atoms with Crippen molar-refractivity contribution in [3.8, 4) is 11.5 Å². The Morgan fingerprint density at radius 1 is 1.37 bits per heavy atom. The van der Waals surface area contributed by atoms with Gasteiger partial charge in [-0.2, -0.15) is 0 Å². The first-order valence-corrected chi connectivity index (χ1v) is 5.78. The Balaban J connectivity index is 2.70. The van der Waals surface area contributed by atoms with Crippen LogP contribution in [0.3, 0.4) is 0 Å². The summed E-state index contributed by atoms with van der Waals surface area (Å²) in [5.74, 6) is 0.525. The van der Waals surface area contributed by atoms with Gasteiger partial charge >= 0.3 is 0 Å². The van der Waals surface area contributed by atoms with Crippen molar-refractivity contribution in [2.45, 2.75) is 6.92 Å². The second-order valence-corrected chi connectivity index (χ2v) is 3.80. The first-order valence-electron chi connectivity index (χ1n) is 5.78. The zero-order valence-corrected chi connectivity index (χ0v) is 11.1. The van der Waals surface area contributed by atoms with Crippen LogP contribution in [0.25, 0.3) is 0 Å². The first kappa shape index (κ1) is 14.8. The summed E-state index contributed by atoms with van der Waals surface area (Å²) >= 11 is 0. The number of benzene rings is 1. The molecule has 0 fully saturated rings. The van der Waals surface area contributed by atoms with E-state index >= 15 is 0 Å². The van der Waals surface area contributed by atoms with E-state index < -0.39 is 0 Å². The molecule has 0 heterocycles. The van der Waals surface area contributed by atoms with Gasteiger partial charge in [-0.25, -0.2) is 0 Å². The van der Waals surface area contributed by atoms with Crippen molar-refractivity contribution in [2.75, 3.05) is 20.3 Å². The molecular formula is C14H17NO4. The maximum absolute atomic E-state index is 11.4. The van der Waals surface area contributed by atoms with E-state index in [2.05, 4.69) is 11.9 Å². The van der Waals surface area contributed by atoms with Gasteiger partial charge in [0.1, 0.15) is 0 Å². The average Bonchev–Trinajstić information content (AvgIpc) is 2.42. The number of nitrogens with one attached hydrogen (secondary N) is 1. The third-order valence-corrected chi connectivity index (χ3v) is 2.37. The van der Waals surface area contributed by atoms with Crippen LogP contribution in [0.4, 0.5) is 0 Å². The molecule has 5 heteroatoms. The summed E-state index contributed by atoms with van der Waals surface area (Å²) in [6, 6.07) is 4.82. The predicted molar refractivity (Wildman–Crippen MR) is 71.7 cm³/mol. The van der Waals surface area contributed by atoms with E-state index in [1.807, 2.05) is 0 Å². The lowest BCUT2D eigenvalue weighted by atomic mass is 10.1. The van der Waals surface area contributed by atoms with Crippen molar-refractivity contribution in [3.05, 3.63) is 36.4 Å². The number of hydrogen-bond donors (Lipinski definition) is 1. The number of rotatable bonds is 7. The number of ether oxygens (including phenoxy) is 2. The van der Waals surface area contributed by atoms with Gasteiger partial charge in [-0.05, 0) is 25.1 Å². The molecule has 0 radical (unpaired) electrons. The van der Waals surface area contributed by atoms with Gasteiger partial charge < -0.3 is 14.8 Å². The molecule has 0 aliphatic heterocycles. The third-order valence-electron chi connectivity index (χ3n) is 2.37. The molecular weight excluding hydrogens is 246 g/mol. The van der Waals surface area contributed by atoms with E-state index in [1.54, 1.807) is 24.3 Å². The topological polar surface area (TPSA) is 64.6 Å². The van der Waals surface area contributed by atoms with Crippen molar-refractivity contribution < 1.29 is 19.1 Å². The molecule has 1 N–H and O–H groups in total. The second-order valence-electron chi connectivity index (χ2n) is 3.80. The zero-order valence-electron chi connectivity index (χ0n) is 11.1. The fourth-order valence-corrected chi connectivity index (χ4v) is 1.39. The number of ketones is 1. The Kier molecular flexibility index (Phi) is 5.60. The lowest BCUT2D eigenvalue weighted by molar-refractivity contribution is -0.122. The highest BCUT2D eigenvalue weighted by atomic mass is 16.5. The normalized spacial score (nSPS) is 9.58. The maximum atomic E-state index is 11.4. The Labute approximate surface area is 112 Å². The highest BCUT2D eigenvalue weighted by Gasteiger charge is 2.09. The number of hydrogen-bond acceptors (Lipinski definition) is 4. The van der Waals surface area contributed by atoms with Crippen LogP contribution in [-0.4, -0.2) is 32.0 Å². The maximum Gasteiger partial charge on any atom is 0.258 e. The van der Waals surface area contributed by atoms with Crippen molar-refractivity contribution in [1.82, 2.24) is 5.32 Å². The van der Waals surface area contributed by atoms with Crippen LogP contribution >= 0.6 is 0 Å². The van der Waals surface area contributed by atoms with E-state index in [0.29, 0.717) is 23.6 Å². The van der Waals surface area contributed by atoms with Gasteiger partial charge in [0.2, 0.25) is 0 Å². The Morgan fingerprint density at radius 2 is 2.11 bits per heavy atom. The zero-order chi connectivity index (χ0) is 14.3. The molecule has 5 nitrogen and oxygen atoms in total. The number of methoxy groups -OCH3 is 1. The highest BCUT2D eigenvalue weighted by Crippen LogP contribution is 2.28. The van der Waals surface area contributed by atoms with E-state index in [0.717, 1.165) is 0 Å². The number of amides is 1. The summed E-state index contributed by atoms with van der Waals surface area (Å²) in [5, 5.41) is 2.59. The Morgan fingerprint density at radius 3 is 2.68 bits per heavy atom. The smallest absolute Gasteiger partial charge is 0.258 e. The molecule has 0 aliphatic carbocycles. The van der Waals surface area contributed by atoms with Gasteiger partial charge in [-0.3, -0.25) is 9.59 Å². The van der Waals surface area contributed by atoms with Crippen LogP contribution < -0.4 is 14.8 Å². The molecule has 0 atom stereocenters. The van der Waals surface area contributed by atoms with E-state index in [-0.39, 0.29) is 18.3 Å². The van der Waals surface area contributed by atoms with Crippen LogP contribution in [0.1, 0.15) is 17.3 Å². The summed E-state index contributed by atoms with van der Waals surface area (Å²) in [6.07, 6.45) is 1.58. The quantitative estimate of drug-likeness (QED) is 0.599. The fourth-order valence-electron chi connectivity index (χ4n) is 1.39. The molecule has 1 rings (SSSR count). The minimum Gasteiger partial charge on any atom is -0.493 e. The van der Waals surface area contributed by atoms with Crippen LogP contribution in [0.2, 0.25) is 0 Å². The molecule has 1 aromatic carbocycles. The summed E-state index contributed by atoms with van der Waals surface area (Å²) in [6.45, 7) is 5.24. The molecule has 0 bridgehead atoms. The summed E-state index contributed by atoms with van der Waals surface area (Å²) in [7, 11) is 1.48. The van der Waals surface area contributed by atoms with Crippen LogP contribution in [0.15, 0.2) is 30.9 Å². The highest BCUT2D eigenvalue weighted by molar-refractivity contribution is 5.94. The van der Waals surface area contributed by atoms with Crippen molar-refractivity contribution in [2.24, 2.45) is 0 Å². The van der Waals surface area contributed by atoms with Crippen LogP contribution in [-0.2, 0) is 4.79 Å². The monoisotopic (exact) mass is 263 g/mol. The van der Waals surface area contributed by atoms with Crippen LogP contribution in [0.5, 0.6) is 11.5 Å². The average molecular weight is 263 g/mol. The Hall–Kier alpha value is -2.30. The molecule has 19 heavy (non-hydrogen) atoms. The lowest BCUT2D eigenvalue weighted by Crippen LogP contribution is -2.28. The van der Waals surface area contributed by atoms with Gasteiger partial charge in [-0.15, -0.1) is 6.58 Å². The lowest BCUT2D eigenvalue weighted by Gasteiger charge is -2.11. The van der Waals surface area contributed by atoms with Crippen LogP contribution in [0, 0.1) is 0 Å². The fraction of sp³-hybridized carbons (Fsp3) is 0.286. The molecule has 1 aromatic rings. The van der Waals surface area contributed by atoms with Crippen molar-refractivity contribution in [1.29, 1.82) is 0 Å². The third kappa shape index (κ3) is 4.46. The van der Waals surface area contributed by atoms with E-state index in [4.69, 9.17) is 9.47 Å². The minimum absolute atomic E-state index is 0.0615. The number of Topliss-reactive ketones (excluding diaryl/α,β-unsaturated/α-hetero) is 1. The van der Waals surface area contributed by atoms with Crippen molar-refractivity contribution >= 4 is 11.7 Å². The van der Waals surface area contributed by atoms with Gasteiger partial charge in [-0.1, -0.05) is 6.08 Å². The molecule has 0 aromatic heterocycles. The summed E-state index contributed by atoms with van der Waals surface area (Å²) in [5.41, 5.74) is 0.528. The first-order chi connectivity index (χ1) is 9.08. The summed E-state index contributed by atoms with van der Waals surface area (Å²) in [4.78, 5) is 22.6. The minimum atomic E-state index is -0.252. The standard InChI is InChI=1S/C14H17NO4/c1-4-7-15-14(17)9-19-12-6-5-11(10(2)16)8-13(12)18-3/h4-6,8H,1,7,9H2,2-3H3,(H,15,17). The largest absolute Gasteiger partial charge is 0.493 e. The van der Waals surface area contributed by atoms with Gasteiger partial charge in [0.05, 0.1) is 7.11 Å². The number of carbonyl (C=O) groups excluding carboxylic acids is 2. The second kappa shape index (κ2) is 7.20. The molecule has 0 spiro atoms. The molecule has 0 unspecified atom stereocenters. The molecule has 1 amide bonds. The SMILES string of the molecule is C=CCNC(=O)COc1ccc(C(C)=O)cc1OC. The number of carbonyl (C=O) groups is 2. The van der Waals surface area contributed by atoms with Gasteiger partial charge in [0.25, 0.3) is 5.91 Å². The predicted octanol–water partition coefficient (Wildman–Crippen LogP) is 1.58. The Bertz CT molecular complexity index is 482. The van der Waals surface area contributed by atoms with Crippen molar-refractivity contribution in [3.63, 3.8) is 0 Å². The van der Waals surface area contributed by atoms with E-state index in [1.165, 1.54) is 14.0 Å². The molecule has 102 valence electrons. The molecule has 0 saturated heterocycles. The van der Waals surface area contributed by atoms with Gasteiger partial charge in [0.15, 0.2) is 23.9 Å². The van der Waals surface area contributed by atoms with Gasteiger partial charge in [0, 0.05) is 12.1 Å². The van der Waals surface area contributed by atoms with E-state index in [9.17, 15) is 9.59 Å². The molecule has 0 saturated carbocycles. The molecule has 0 aliphatic rings.